The Morgan fingerprint density at radius 3 is 2.94 bits per heavy atom. The maximum Gasteiger partial charge on any atom is 0.157 e. The summed E-state index contributed by atoms with van der Waals surface area (Å²) < 4.78 is 5.40. The fraction of sp³-hybridized carbons (Fsp3) is 0.357. The van der Waals surface area contributed by atoms with Gasteiger partial charge in [-0.3, -0.25) is 4.99 Å². The van der Waals surface area contributed by atoms with E-state index in [0.717, 1.165) is 73.0 Å². The number of piperidine rings is 1. The zero-order valence-electron chi connectivity index (χ0n) is 20.6. The summed E-state index contributed by atoms with van der Waals surface area (Å²) >= 11 is -0.197. The van der Waals surface area contributed by atoms with E-state index in [2.05, 4.69) is 81.4 Å². The van der Waals surface area contributed by atoms with Gasteiger partial charge in [0.25, 0.3) is 0 Å². The number of halogens is 1. The Balaban J connectivity index is 1.35. The van der Waals surface area contributed by atoms with Crippen LogP contribution in [0, 0.1) is 10.2 Å². The highest BCUT2D eigenvalue weighted by Crippen LogP contribution is 2.36. The van der Waals surface area contributed by atoms with Crippen LogP contribution in [0.3, 0.4) is 0 Å². The second-order valence-electron chi connectivity index (χ2n) is 9.59. The van der Waals surface area contributed by atoms with Crippen LogP contribution in [-0.2, 0) is 0 Å². The minimum atomic E-state index is -0.197. The van der Waals surface area contributed by atoms with Gasteiger partial charge >= 0.3 is 0 Å². The van der Waals surface area contributed by atoms with Gasteiger partial charge in [0.05, 0.1) is 23.5 Å². The number of fused-ring (bicyclic) bond motifs is 2. The minimum absolute atomic E-state index is 0.147. The first-order chi connectivity index (χ1) is 17.6. The lowest BCUT2D eigenvalue weighted by atomic mass is 9.98. The molecule has 3 aliphatic heterocycles. The molecule has 0 spiro atoms. The number of nitrogens with zero attached hydrogens (tertiary/aromatic N) is 7. The molecule has 3 aromatic rings. The topological polar surface area (TPSA) is 61.9 Å². The van der Waals surface area contributed by atoms with Crippen LogP contribution in [0.5, 0.6) is 0 Å². The predicted octanol–water partition coefficient (Wildman–Crippen LogP) is 4.59. The van der Waals surface area contributed by atoms with Gasteiger partial charge in [0, 0.05) is 42.7 Å². The third-order valence-electron chi connectivity index (χ3n) is 7.28. The summed E-state index contributed by atoms with van der Waals surface area (Å²) in [6.45, 7) is 12.7. The zero-order valence-corrected chi connectivity index (χ0v) is 22.7. The normalized spacial score (nSPS) is 21.2. The first-order valence-corrected chi connectivity index (χ1v) is 14.9. The second kappa shape index (κ2) is 9.75. The number of aromatic nitrogens is 4. The Kier molecular flexibility index (Phi) is 6.31. The Bertz CT molecular complexity index is 1550. The van der Waals surface area contributed by atoms with E-state index >= 15 is 0 Å². The van der Waals surface area contributed by atoms with Crippen molar-refractivity contribution < 1.29 is 0 Å². The average Bonchev–Trinajstić information content (AvgIpc) is 3.55. The van der Waals surface area contributed by atoms with Gasteiger partial charge in [-0.05, 0) is 49.5 Å². The van der Waals surface area contributed by atoms with Gasteiger partial charge in [-0.1, -0.05) is 45.5 Å². The van der Waals surface area contributed by atoms with Crippen LogP contribution in [0.1, 0.15) is 48.7 Å². The van der Waals surface area contributed by atoms with Crippen LogP contribution in [0.25, 0.3) is 17.4 Å². The van der Waals surface area contributed by atoms with E-state index < -0.39 is 0 Å². The first kappa shape index (κ1) is 23.3. The van der Waals surface area contributed by atoms with Crippen LogP contribution in [-0.4, -0.2) is 56.9 Å². The summed E-state index contributed by atoms with van der Waals surface area (Å²) in [5, 5.41) is 6.24. The number of likely N-dealkylation sites (tertiary alicyclic amines) is 1. The maximum atomic E-state index is 5.04. The molecule has 0 aromatic carbocycles. The smallest absolute Gasteiger partial charge is 0.157 e. The molecule has 6 heterocycles. The SMILES string of the molecule is C=C=C(c1ccc2c(n1)=IC=CC=2)N1CCCC[C@H]1c1cc2nc(N3CC[C@H](N=C)C3)c(C)cn2n1. The van der Waals surface area contributed by atoms with Crippen molar-refractivity contribution in [2.24, 2.45) is 4.99 Å². The van der Waals surface area contributed by atoms with Crippen molar-refractivity contribution in [3.05, 3.63) is 72.3 Å². The van der Waals surface area contributed by atoms with Gasteiger partial charge in [-0.2, -0.15) is 5.10 Å². The van der Waals surface area contributed by atoms with Gasteiger partial charge < -0.3 is 9.80 Å². The standard InChI is InChI=1S/C28H30IN7/c1-4-24(22-11-10-20-8-7-13-29-27(20)31-22)35-14-6-5-9-25(35)23-16-26-32-28(19(2)17-36(26)33-23)34-15-12-21(18-34)30-3/h7-8,10-11,13,16-17,21,25H,1,3,5-6,9,12,14-15,18H2,2H3/t21-,25-/m0/s1. The summed E-state index contributed by atoms with van der Waals surface area (Å²) in [4.78, 5) is 19.0. The quantitative estimate of drug-likeness (QED) is 0.247. The molecule has 8 heteroatoms. The summed E-state index contributed by atoms with van der Waals surface area (Å²) in [6, 6.07) is 6.88. The number of allylic oxidation sites excluding steroid dienone is 1. The van der Waals surface area contributed by atoms with Crippen molar-refractivity contribution in [1.29, 1.82) is 0 Å². The molecule has 36 heavy (non-hydrogen) atoms. The van der Waals surface area contributed by atoms with Crippen LogP contribution in [0.2, 0.25) is 0 Å². The number of hydrogen-bond donors (Lipinski definition) is 0. The number of aliphatic imine (C=N–C) groups is 1. The lowest BCUT2D eigenvalue weighted by Gasteiger charge is -2.37. The molecule has 3 aromatic heterocycles. The van der Waals surface area contributed by atoms with Crippen LogP contribution in [0.4, 0.5) is 5.82 Å². The van der Waals surface area contributed by atoms with Crippen molar-refractivity contribution in [3.8, 4) is 0 Å². The maximum absolute atomic E-state index is 5.04. The molecule has 2 fully saturated rings. The van der Waals surface area contributed by atoms with Crippen LogP contribution < -0.4 is 10.1 Å². The summed E-state index contributed by atoms with van der Waals surface area (Å²) in [5.41, 5.74) is 8.22. The molecule has 0 unspecified atom stereocenters. The van der Waals surface area contributed by atoms with E-state index in [4.69, 9.17) is 15.1 Å². The molecule has 2 saturated heterocycles. The number of pyridine rings is 1. The zero-order chi connectivity index (χ0) is 24.6. The highest BCUT2D eigenvalue weighted by atomic mass is 127. The lowest BCUT2D eigenvalue weighted by molar-refractivity contribution is 0.225. The average molecular weight is 592 g/mol. The van der Waals surface area contributed by atoms with Gasteiger partial charge in [0.15, 0.2) is 5.65 Å². The summed E-state index contributed by atoms with van der Waals surface area (Å²) in [5.74, 6) is 1.03. The molecule has 184 valence electrons. The molecule has 2 atom stereocenters. The Morgan fingerprint density at radius 1 is 1.19 bits per heavy atom. The molecule has 0 bridgehead atoms. The van der Waals surface area contributed by atoms with E-state index in [1.54, 1.807) is 0 Å². The Morgan fingerprint density at radius 2 is 2.11 bits per heavy atom. The highest BCUT2D eigenvalue weighted by Gasteiger charge is 2.30. The van der Waals surface area contributed by atoms with Gasteiger partial charge in [-0.25, -0.2) is 14.5 Å². The van der Waals surface area contributed by atoms with E-state index in [1.807, 2.05) is 4.52 Å². The number of rotatable bonds is 5. The largest absolute Gasteiger partial charge is 0.355 e. The Labute approximate surface area is 221 Å². The number of aryl methyl sites for hydroxylation is 1. The summed E-state index contributed by atoms with van der Waals surface area (Å²) in [6.07, 6.45) is 10.8. The van der Waals surface area contributed by atoms with Crippen molar-refractivity contribution in [1.82, 2.24) is 24.5 Å². The van der Waals surface area contributed by atoms with Crippen molar-refractivity contribution in [2.45, 2.75) is 44.7 Å². The molecular weight excluding hydrogens is 561 g/mol. The molecule has 0 radical (unpaired) electrons. The molecule has 0 N–H and O–H groups in total. The molecule has 7 nitrogen and oxygen atoms in total. The number of hydrogen-bond acceptors (Lipinski definition) is 6. The van der Waals surface area contributed by atoms with Gasteiger partial charge in [-0.15, -0.1) is 5.73 Å². The predicted molar refractivity (Wildman–Crippen MR) is 154 cm³/mol. The molecule has 0 amide bonds. The monoisotopic (exact) mass is 591 g/mol. The third kappa shape index (κ3) is 4.22. The second-order valence-corrected chi connectivity index (χ2v) is 12.0. The fourth-order valence-electron chi connectivity index (χ4n) is 5.46. The van der Waals surface area contributed by atoms with Crippen LogP contribution in [0.15, 0.2) is 51.9 Å². The van der Waals surface area contributed by atoms with E-state index in [9.17, 15) is 0 Å². The van der Waals surface area contributed by atoms with Crippen molar-refractivity contribution >= 4 is 50.7 Å². The Hall–Kier alpha value is -3.10. The van der Waals surface area contributed by atoms with E-state index in [-0.39, 0.29) is 32.8 Å². The molecule has 0 aliphatic carbocycles. The molecule has 0 saturated carbocycles. The van der Waals surface area contributed by atoms with Gasteiger partial charge in [0.1, 0.15) is 14.8 Å². The van der Waals surface area contributed by atoms with Crippen molar-refractivity contribution in [2.75, 3.05) is 24.5 Å². The summed E-state index contributed by atoms with van der Waals surface area (Å²) in [7, 11) is 0. The molecule has 6 rings (SSSR count). The third-order valence-corrected chi connectivity index (χ3v) is 9.51. The van der Waals surface area contributed by atoms with Gasteiger partial charge in [0.2, 0.25) is 0 Å². The van der Waals surface area contributed by atoms with E-state index in [1.165, 1.54) is 14.9 Å². The van der Waals surface area contributed by atoms with Crippen LogP contribution >= 0.6 is 20.7 Å². The highest BCUT2D eigenvalue weighted by molar-refractivity contribution is 14.2. The van der Waals surface area contributed by atoms with E-state index in [0.29, 0.717) is 0 Å². The number of anilines is 1. The first-order valence-electron chi connectivity index (χ1n) is 12.5. The van der Waals surface area contributed by atoms with Crippen molar-refractivity contribution in [3.63, 3.8) is 0 Å². The minimum Gasteiger partial charge on any atom is -0.355 e. The fourth-order valence-corrected chi connectivity index (χ4v) is 7.33. The molecule has 3 aliphatic rings. The molecular formula is C28H30IN7. The lowest BCUT2D eigenvalue weighted by Crippen LogP contribution is -2.32.